The fraction of sp³-hybridized carbons (Fsp3) is 0.250. The van der Waals surface area contributed by atoms with Crippen molar-refractivity contribution in [2.45, 2.75) is 13.3 Å². The molecular weight excluding hydrogens is 304 g/mol. The average molecular weight is 313 g/mol. The summed E-state index contributed by atoms with van der Waals surface area (Å²) in [5.74, 6) is -8.17. The Morgan fingerprint density at radius 2 is 1.60 bits per heavy atom. The van der Waals surface area contributed by atoms with Crippen molar-refractivity contribution in [3.63, 3.8) is 0 Å². The monoisotopic (exact) mass is 313 g/mol. The molecule has 0 saturated carbocycles. The maximum Gasteiger partial charge on any atom is 0.375 e. The third kappa shape index (κ3) is 5.10. The van der Waals surface area contributed by atoms with Crippen LogP contribution in [0.25, 0.3) is 0 Å². The van der Waals surface area contributed by atoms with Gasteiger partial charge >= 0.3 is 5.97 Å². The van der Waals surface area contributed by atoms with E-state index in [0.29, 0.717) is 12.1 Å². The van der Waals surface area contributed by atoms with E-state index in [9.17, 15) is 27.6 Å². The Morgan fingerprint density at radius 1 is 1.10 bits per heavy atom. The van der Waals surface area contributed by atoms with Crippen LogP contribution in [0.15, 0.2) is 12.1 Å². The van der Waals surface area contributed by atoms with E-state index in [1.165, 1.54) is 6.92 Å². The molecule has 1 rings (SSSR count). The van der Waals surface area contributed by atoms with Crippen molar-refractivity contribution in [3.8, 4) is 0 Å². The van der Waals surface area contributed by atoms with E-state index >= 15 is 0 Å². The molecule has 103 valence electrons. The summed E-state index contributed by atoms with van der Waals surface area (Å²) in [6.07, 6.45) is -0.899. The summed E-state index contributed by atoms with van der Waals surface area (Å²) < 4.78 is 42.8. The van der Waals surface area contributed by atoms with E-state index in [1.54, 1.807) is 0 Å². The Kier molecular flexibility index (Phi) is 8.44. The molecule has 0 aliphatic heterocycles. The Labute approximate surface area is 155 Å². The largest absolute Gasteiger partial charge is 0.460 e. The van der Waals surface area contributed by atoms with Crippen LogP contribution < -0.4 is 0 Å². The molecule has 1 radical (unpaired) electrons. The predicted octanol–water partition coefficient (Wildman–Crippen LogP) is 1.43. The van der Waals surface area contributed by atoms with Gasteiger partial charge in [0.15, 0.2) is 23.2 Å². The summed E-state index contributed by atoms with van der Waals surface area (Å²) in [4.78, 5) is 33.7. The number of hydrogen-bond donors (Lipinski definition) is 0. The van der Waals surface area contributed by atoms with Crippen LogP contribution in [0.2, 0.25) is 0 Å². The number of carbonyl (C=O) groups is 3. The molecule has 0 atom stereocenters. The SMILES string of the molecule is CCOC(=O)C(=O)CC(=O)c1cc(F)c(F)c(F)c1.[K]. The Morgan fingerprint density at radius 3 is 2.05 bits per heavy atom. The topological polar surface area (TPSA) is 60.4 Å². The van der Waals surface area contributed by atoms with Crippen LogP contribution in [0.4, 0.5) is 13.2 Å². The molecule has 0 bridgehead atoms. The number of benzene rings is 1. The molecule has 0 unspecified atom stereocenters. The van der Waals surface area contributed by atoms with Crippen LogP contribution in [-0.2, 0) is 14.3 Å². The van der Waals surface area contributed by atoms with Crippen molar-refractivity contribution >= 4 is 68.9 Å². The van der Waals surface area contributed by atoms with Gasteiger partial charge in [-0.3, -0.25) is 9.59 Å². The van der Waals surface area contributed by atoms with Gasteiger partial charge < -0.3 is 4.74 Å². The number of ether oxygens (including phenoxy) is 1. The van der Waals surface area contributed by atoms with Gasteiger partial charge in [-0.05, 0) is 19.1 Å². The number of halogens is 3. The number of rotatable bonds is 5. The average Bonchev–Trinajstić information content (AvgIpc) is 2.35. The van der Waals surface area contributed by atoms with Crippen molar-refractivity contribution in [1.29, 1.82) is 0 Å². The van der Waals surface area contributed by atoms with E-state index in [-0.39, 0.29) is 58.0 Å². The second-order valence-corrected chi connectivity index (χ2v) is 3.50. The normalized spacial score (nSPS) is 9.60. The van der Waals surface area contributed by atoms with Crippen molar-refractivity contribution in [2.75, 3.05) is 6.61 Å². The zero-order valence-electron chi connectivity index (χ0n) is 10.8. The minimum absolute atomic E-state index is 0. The first-order valence-corrected chi connectivity index (χ1v) is 5.24. The molecule has 8 heteroatoms. The molecule has 20 heavy (non-hydrogen) atoms. The molecule has 0 amide bonds. The molecule has 1 aromatic rings. The van der Waals surface area contributed by atoms with Gasteiger partial charge in [0.1, 0.15) is 0 Å². The minimum atomic E-state index is -1.71. The van der Waals surface area contributed by atoms with E-state index < -0.39 is 47.0 Å². The number of hydrogen-bond acceptors (Lipinski definition) is 4. The van der Waals surface area contributed by atoms with Crippen LogP contribution in [0.1, 0.15) is 23.7 Å². The van der Waals surface area contributed by atoms with Gasteiger partial charge in [0, 0.05) is 56.9 Å². The second kappa shape index (κ2) is 8.68. The first kappa shape index (κ1) is 19.5. The Balaban J connectivity index is 0.00000361. The molecule has 0 aliphatic carbocycles. The van der Waals surface area contributed by atoms with Crippen molar-refractivity contribution in [1.82, 2.24) is 0 Å². The van der Waals surface area contributed by atoms with Gasteiger partial charge in [0.25, 0.3) is 0 Å². The van der Waals surface area contributed by atoms with E-state index in [4.69, 9.17) is 0 Å². The zero-order chi connectivity index (χ0) is 14.6. The van der Waals surface area contributed by atoms with Gasteiger partial charge in [-0.2, -0.15) is 0 Å². The number of esters is 1. The fourth-order valence-electron chi connectivity index (χ4n) is 1.25. The standard InChI is InChI=1S/C12H9F3O4.K/c1-2-19-12(18)10(17)5-9(16)6-3-7(13)11(15)8(14)4-6;/h3-4H,2,5H2,1H3;. The maximum absolute atomic E-state index is 12.9. The van der Waals surface area contributed by atoms with E-state index in [1.807, 2.05) is 0 Å². The van der Waals surface area contributed by atoms with Crippen molar-refractivity contribution < 1.29 is 32.3 Å². The molecule has 0 fully saturated rings. The van der Waals surface area contributed by atoms with Gasteiger partial charge in [0.05, 0.1) is 13.0 Å². The number of ketones is 2. The quantitative estimate of drug-likeness (QED) is 0.206. The first-order chi connectivity index (χ1) is 8.86. The smallest absolute Gasteiger partial charge is 0.375 e. The number of Topliss-reactive ketones (excluding diaryl/α,β-unsaturated/α-hetero) is 2. The van der Waals surface area contributed by atoms with Crippen LogP contribution in [0, 0.1) is 17.5 Å². The van der Waals surface area contributed by atoms with Crippen LogP contribution in [-0.4, -0.2) is 75.5 Å². The fourth-order valence-corrected chi connectivity index (χ4v) is 1.25. The Hall–Kier alpha value is -0.544. The molecule has 1 aromatic carbocycles. The molecule has 0 saturated heterocycles. The Bertz CT molecular complexity index is 522. The van der Waals surface area contributed by atoms with Crippen LogP contribution >= 0.6 is 0 Å². The minimum Gasteiger partial charge on any atom is -0.460 e. The molecule has 0 N–H and O–H groups in total. The maximum atomic E-state index is 12.9. The third-order valence-electron chi connectivity index (χ3n) is 2.13. The van der Waals surface area contributed by atoms with Gasteiger partial charge in [-0.1, -0.05) is 0 Å². The summed E-state index contributed by atoms with van der Waals surface area (Å²) in [6, 6.07) is 0.915. The second-order valence-electron chi connectivity index (χ2n) is 3.50. The summed E-state index contributed by atoms with van der Waals surface area (Å²) >= 11 is 0. The van der Waals surface area contributed by atoms with Crippen molar-refractivity contribution in [3.05, 3.63) is 35.1 Å². The van der Waals surface area contributed by atoms with Crippen LogP contribution in [0.3, 0.4) is 0 Å². The molecule has 0 heterocycles. The van der Waals surface area contributed by atoms with Crippen LogP contribution in [0.5, 0.6) is 0 Å². The summed E-state index contributed by atoms with van der Waals surface area (Å²) in [5.41, 5.74) is -0.533. The summed E-state index contributed by atoms with van der Waals surface area (Å²) in [7, 11) is 0. The molecule has 4 nitrogen and oxygen atoms in total. The van der Waals surface area contributed by atoms with Gasteiger partial charge in [-0.25, -0.2) is 18.0 Å². The molecular formula is C12H9F3KO4. The molecule has 0 aliphatic rings. The van der Waals surface area contributed by atoms with E-state index in [2.05, 4.69) is 4.74 Å². The zero-order valence-corrected chi connectivity index (χ0v) is 14.0. The van der Waals surface area contributed by atoms with Gasteiger partial charge in [0.2, 0.25) is 5.78 Å². The summed E-state index contributed by atoms with van der Waals surface area (Å²) in [5, 5.41) is 0. The van der Waals surface area contributed by atoms with Gasteiger partial charge in [-0.15, -0.1) is 0 Å². The van der Waals surface area contributed by atoms with Crippen molar-refractivity contribution in [2.24, 2.45) is 0 Å². The third-order valence-corrected chi connectivity index (χ3v) is 2.13. The van der Waals surface area contributed by atoms with E-state index in [0.717, 1.165) is 0 Å². The predicted molar refractivity (Wildman–Crippen MR) is 62.7 cm³/mol. The molecule has 0 aromatic heterocycles. The summed E-state index contributed by atoms with van der Waals surface area (Å²) in [6.45, 7) is 1.43. The first-order valence-electron chi connectivity index (χ1n) is 5.24. The number of carbonyl (C=O) groups excluding carboxylic acids is 3. The molecule has 0 spiro atoms.